The maximum Gasteiger partial charge on any atom is 0.319 e. The number of amides is 2. The zero-order chi connectivity index (χ0) is 14.4. The van der Waals surface area contributed by atoms with Crippen molar-refractivity contribution in [1.29, 1.82) is 0 Å². The van der Waals surface area contributed by atoms with Gasteiger partial charge in [0.1, 0.15) is 0 Å². The van der Waals surface area contributed by atoms with Crippen LogP contribution in [-0.2, 0) is 6.42 Å². The van der Waals surface area contributed by atoms with E-state index in [1.165, 1.54) is 5.56 Å². The number of rotatable bonds is 5. The lowest BCUT2D eigenvalue weighted by molar-refractivity contribution is 0.252. The van der Waals surface area contributed by atoms with Crippen LogP contribution < -0.4 is 10.6 Å². The number of nitrogens with zero attached hydrogens (tertiary/aromatic N) is 2. The van der Waals surface area contributed by atoms with E-state index in [9.17, 15) is 4.79 Å². The highest BCUT2D eigenvalue weighted by Gasteiger charge is 2.05. The second-order valence-corrected chi connectivity index (χ2v) is 4.70. The van der Waals surface area contributed by atoms with Crippen LogP contribution in [0.2, 0.25) is 5.15 Å². The molecule has 0 unspecified atom stereocenters. The largest absolute Gasteiger partial charge is 0.338 e. The van der Waals surface area contributed by atoms with E-state index < -0.39 is 0 Å². The van der Waals surface area contributed by atoms with Gasteiger partial charge in [0.25, 0.3) is 0 Å². The van der Waals surface area contributed by atoms with Gasteiger partial charge in [0, 0.05) is 18.4 Å². The highest BCUT2D eigenvalue weighted by atomic mass is 35.5. The average molecular weight is 294 g/mol. The Hall–Kier alpha value is -2.08. The Labute approximate surface area is 121 Å². The zero-order valence-electron chi connectivity index (χ0n) is 11.1. The topological polar surface area (TPSA) is 82.7 Å². The fourth-order valence-electron chi connectivity index (χ4n) is 1.75. The lowest BCUT2D eigenvalue weighted by Crippen LogP contribution is -2.29. The molecule has 106 valence electrons. The van der Waals surface area contributed by atoms with Crippen LogP contribution in [0.25, 0.3) is 0 Å². The smallest absolute Gasteiger partial charge is 0.319 e. The molecule has 0 atom stereocenters. The number of hydrogen-bond acceptors (Lipinski definition) is 3. The molecule has 2 rings (SSSR count). The Balaban J connectivity index is 1.71. The molecule has 20 heavy (non-hydrogen) atoms. The highest BCUT2D eigenvalue weighted by Crippen LogP contribution is 2.16. The van der Waals surface area contributed by atoms with Crippen molar-refractivity contribution in [3.8, 4) is 0 Å². The van der Waals surface area contributed by atoms with Crippen molar-refractivity contribution in [2.75, 3.05) is 11.9 Å². The van der Waals surface area contributed by atoms with Gasteiger partial charge in [-0.3, -0.25) is 5.10 Å². The van der Waals surface area contributed by atoms with E-state index in [1.54, 1.807) is 18.3 Å². The molecule has 2 aromatic heterocycles. The summed E-state index contributed by atoms with van der Waals surface area (Å²) in [6.45, 7) is 2.56. The molecule has 2 amide bonds. The lowest BCUT2D eigenvalue weighted by atomic mass is 10.1. The van der Waals surface area contributed by atoms with E-state index in [2.05, 4.69) is 25.8 Å². The Bertz CT molecular complexity index is 584. The van der Waals surface area contributed by atoms with Gasteiger partial charge < -0.3 is 10.6 Å². The van der Waals surface area contributed by atoms with Gasteiger partial charge in [-0.05, 0) is 37.5 Å². The molecule has 0 spiro atoms. The third-order valence-electron chi connectivity index (χ3n) is 2.85. The Morgan fingerprint density at radius 1 is 1.50 bits per heavy atom. The maximum absolute atomic E-state index is 11.7. The zero-order valence-corrected chi connectivity index (χ0v) is 11.9. The van der Waals surface area contributed by atoms with Gasteiger partial charge in [-0.25, -0.2) is 9.78 Å². The van der Waals surface area contributed by atoms with E-state index in [0.717, 1.165) is 18.5 Å². The Kier molecular flexibility index (Phi) is 4.95. The van der Waals surface area contributed by atoms with Crippen LogP contribution in [-0.4, -0.2) is 27.8 Å². The summed E-state index contributed by atoms with van der Waals surface area (Å²) in [6.07, 6.45) is 5.09. The molecule has 2 heterocycles. The number of pyridine rings is 1. The van der Waals surface area contributed by atoms with Gasteiger partial charge in [0.05, 0.1) is 11.9 Å². The SMILES string of the molecule is Cc1[nH]ncc1CCCNC(=O)Nc1cccnc1Cl. The lowest BCUT2D eigenvalue weighted by Gasteiger charge is -2.08. The number of halogens is 1. The molecule has 6 nitrogen and oxygen atoms in total. The summed E-state index contributed by atoms with van der Waals surface area (Å²) < 4.78 is 0. The number of H-pyrrole nitrogens is 1. The standard InChI is InChI=1S/C13H16ClN5O/c1-9-10(8-17-19-9)4-2-7-16-13(20)18-11-5-3-6-15-12(11)14/h3,5-6,8H,2,4,7H2,1H3,(H,17,19)(H2,16,18,20). The minimum atomic E-state index is -0.288. The van der Waals surface area contributed by atoms with Gasteiger partial charge in [-0.2, -0.15) is 5.10 Å². The van der Waals surface area contributed by atoms with Crippen LogP contribution >= 0.6 is 11.6 Å². The maximum atomic E-state index is 11.7. The molecule has 0 aliphatic carbocycles. The third-order valence-corrected chi connectivity index (χ3v) is 3.15. The number of aromatic nitrogens is 3. The van der Waals surface area contributed by atoms with Crippen LogP contribution in [0.1, 0.15) is 17.7 Å². The van der Waals surface area contributed by atoms with Crippen LogP contribution in [0.3, 0.4) is 0 Å². The number of hydrogen-bond donors (Lipinski definition) is 3. The van der Waals surface area contributed by atoms with E-state index in [0.29, 0.717) is 12.2 Å². The fraction of sp³-hybridized carbons (Fsp3) is 0.308. The molecular weight excluding hydrogens is 278 g/mol. The first kappa shape index (κ1) is 14.3. The van der Waals surface area contributed by atoms with Crippen molar-refractivity contribution in [1.82, 2.24) is 20.5 Å². The summed E-state index contributed by atoms with van der Waals surface area (Å²) >= 11 is 5.85. The monoisotopic (exact) mass is 293 g/mol. The Morgan fingerprint density at radius 3 is 3.05 bits per heavy atom. The summed E-state index contributed by atoms with van der Waals surface area (Å²) in [4.78, 5) is 15.6. The first-order valence-corrected chi connectivity index (χ1v) is 6.69. The van der Waals surface area contributed by atoms with Crippen molar-refractivity contribution in [2.45, 2.75) is 19.8 Å². The van der Waals surface area contributed by atoms with Gasteiger partial charge in [-0.1, -0.05) is 11.6 Å². The normalized spacial score (nSPS) is 10.3. The fourth-order valence-corrected chi connectivity index (χ4v) is 1.92. The average Bonchev–Trinajstić information content (AvgIpc) is 2.83. The molecule has 0 bridgehead atoms. The van der Waals surface area contributed by atoms with Crippen LogP contribution in [0, 0.1) is 6.92 Å². The molecule has 2 aromatic rings. The quantitative estimate of drug-likeness (QED) is 0.585. The number of aromatic amines is 1. The number of carbonyl (C=O) groups is 1. The van der Waals surface area contributed by atoms with E-state index >= 15 is 0 Å². The summed E-state index contributed by atoms with van der Waals surface area (Å²) in [5, 5.41) is 12.5. The molecule has 0 radical (unpaired) electrons. The molecule has 0 saturated heterocycles. The predicted octanol–water partition coefficient (Wildman–Crippen LogP) is 2.52. The van der Waals surface area contributed by atoms with E-state index in [1.807, 2.05) is 13.1 Å². The van der Waals surface area contributed by atoms with E-state index in [-0.39, 0.29) is 11.2 Å². The van der Waals surface area contributed by atoms with E-state index in [4.69, 9.17) is 11.6 Å². The molecular formula is C13H16ClN5O. The molecule has 0 aliphatic heterocycles. The van der Waals surface area contributed by atoms with Crippen LogP contribution in [0.4, 0.5) is 10.5 Å². The third kappa shape index (κ3) is 3.96. The summed E-state index contributed by atoms with van der Waals surface area (Å²) in [7, 11) is 0. The first-order valence-electron chi connectivity index (χ1n) is 6.31. The highest BCUT2D eigenvalue weighted by molar-refractivity contribution is 6.32. The Morgan fingerprint density at radius 2 is 2.35 bits per heavy atom. The van der Waals surface area contributed by atoms with Crippen LogP contribution in [0.15, 0.2) is 24.5 Å². The van der Waals surface area contributed by atoms with Gasteiger partial charge in [0.2, 0.25) is 0 Å². The van der Waals surface area contributed by atoms with Crippen molar-refractivity contribution >= 4 is 23.3 Å². The van der Waals surface area contributed by atoms with Crippen molar-refractivity contribution in [2.24, 2.45) is 0 Å². The number of nitrogens with one attached hydrogen (secondary N) is 3. The van der Waals surface area contributed by atoms with Gasteiger partial charge >= 0.3 is 6.03 Å². The molecule has 0 saturated carbocycles. The first-order chi connectivity index (χ1) is 9.66. The summed E-state index contributed by atoms with van der Waals surface area (Å²) in [6, 6.07) is 3.12. The second-order valence-electron chi connectivity index (χ2n) is 4.35. The number of urea groups is 1. The number of carbonyl (C=O) groups excluding carboxylic acids is 1. The molecule has 3 N–H and O–H groups in total. The van der Waals surface area contributed by atoms with Gasteiger partial charge in [-0.15, -0.1) is 0 Å². The number of anilines is 1. The van der Waals surface area contributed by atoms with Crippen molar-refractivity contribution in [3.05, 3.63) is 40.9 Å². The molecule has 0 fully saturated rings. The number of aryl methyl sites for hydroxylation is 2. The van der Waals surface area contributed by atoms with Crippen LogP contribution in [0.5, 0.6) is 0 Å². The molecule has 7 heteroatoms. The van der Waals surface area contributed by atoms with Crippen molar-refractivity contribution < 1.29 is 4.79 Å². The molecule has 0 aromatic carbocycles. The summed E-state index contributed by atoms with van der Waals surface area (Å²) in [5.74, 6) is 0. The minimum Gasteiger partial charge on any atom is -0.338 e. The predicted molar refractivity (Wildman–Crippen MR) is 77.9 cm³/mol. The summed E-state index contributed by atoms with van der Waals surface area (Å²) in [5.41, 5.74) is 2.73. The minimum absolute atomic E-state index is 0.275. The van der Waals surface area contributed by atoms with Gasteiger partial charge in [0.15, 0.2) is 5.15 Å². The van der Waals surface area contributed by atoms with Crippen molar-refractivity contribution in [3.63, 3.8) is 0 Å². The second kappa shape index (κ2) is 6.91. The molecule has 0 aliphatic rings.